The third kappa shape index (κ3) is 2.28. The van der Waals surface area contributed by atoms with E-state index < -0.39 is 12.2 Å². The second-order valence-electron chi connectivity index (χ2n) is 5.92. The van der Waals surface area contributed by atoms with Gasteiger partial charge >= 0.3 is 0 Å². The van der Waals surface area contributed by atoms with Crippen molar-refractivity contribution in [2.45, 2.75) is 82.1 Å². The van der Waals surface area contributed by atoms with Gasteiger partial charge in [0.05, 0.1) is 12.1 Å². The average Bonchev–Trinajstić information content (AvgIpc) is 2.36. The van der Waals surface area contributed by atoms with Crippen LogP contribution in [0, 0.1) is 0 Å². The fraction of sp³-hybridized carbons (Fsp3) is 0.929. The summed E-state index contributed by atoms with van der Waals surface area (Å²) in [6, 6.07) is -0.179. The van der Waals surface area contributed by atoms with E-state index in [0.29, 0.717) is 6.42 Å². The zero-order valence-electron chi connectivity index (χ0n) is 11.2. The van der Waals surface area contributed by atoms with Gasteiger partial charge in [-0.3, -0.25) is 4.79 Å². The molecule has 0 aromatic carbocycles. The van der Waals surface area contributed by atoms with Crippen molar-refractivity contribution in [3.63, 3.8) is 0 Å². The lowest BCUT2D eigenvalue weighted by Crippen LogP contribution is -2.67. The van der Waals surface area contributed by atoms with E-state index in [0.717, 1.165) is 51.4 Å². The molecule has 0 aliphatic carbocycles. The van der Waals surface area contributed by atoms with Crippen molar-refractivity contribution in [3.8, 4) is 0 Å². The standard InChI is InChI=1S/C14H25NO3/c1-2-3-4-7-14-8-5-6-11(15(14)10-16)13(18)12(17)9-14/h10-13,17-18H,2-9H2,1H3/t11-,12+,13-,14+/m0/s1. The number of piperidine rings is 2. The molecule has 18 heavy (non-hydrogen) atoms. The average molecular weight is 255 g/mol. The summed E-state index contributed by atoms with van der Waals surface area (Å²) >= 11 is 0. The maximum Gasteiger partial charge on any atom is 0.210 e. The molecular weight excluding hydrogens is 230 g/mol. The minimum absolute atomic E-state index is 0.179. The fourth-order valence-electron chi connectivity index (χ4n) is 3.82. The highest BCUT2D eigenvalue weighted by molar-refractivity contribution is 5.51. The summed E-state index contributed by atoms with van der Waals surface area (Å²) in [5, 5.41) is 20.1. The fourth-order valence-corrected chi connectivity index (χ4v) is 3.82. The first kappa shape index (κ1) is 13.8. The monoisotopic (exact) mass is 255 g/mol. The Morgan fingerprint density at radius 2 is 2.17 bits per heavy atom. The van der Waals surface area contributed by atoms with E-state index >= 15 is 0 Å². The Balaban J connectivity index is 2.16. The van der Waals surface area contributed by atoms with Crippen molar-refractivity contribution < 1.29 is 15.0 Å². The number of carbonyl (C=O) groups is 1. The molecule has 2 saturated heterocycles. The Morgan fingerprint density at radius 3 is 2.83 bits per heavy atom. The predicted octanol–water partition coefficient (Wildman–Crippen LogP) is 1.44. The molecule has 1 amide bonds. The van der Waals surface area contributed by atoms with E-state index in [-0.39, 0.29) is 11.6 Å². The van der Waals surface area contributed by atoms with Gasteiger partial charge in [0.15, 0.2) is 0 Å². The van der Waals surface area contributed by atoms with Gasteiger partial charge in [0.2, 0.25) is 6.41 Å². The lowest BCUT2D eigenvalue weighted by atomic mass is 9.70. The molecule has 4 atom stereocenters. The van der Waals surface area contributed by atoms with Gasteiger partial charge in [-0.25, -0.2) is 0 Å². The molecule has 2 aliphatic rings. The van der Waals surface area contributed by atoms with Crippen LogP contribution in [0.5, 0.6) is 0 Å². The number of fused-ring (bicyclic) bond motifs is 2. The molecule has 2 aliphatic heterocycles. The molecule has 4 heteroatoms. The molecule has 2 rings (SSSR count). The van der Waals surface area contributed by atoms with Crippen LogP contribution in [-0.4, -0.2) is 45.3 Å². The molecule has 0 aromatic heterocycles. The first-order valence-electron chi connectivity index (χ1n) is 7.24. The SMILES string of the molecule is CCCCC[C@@]12CCC[C@@H]([C@H](O)[C@H](O)C1)N2C=O. The van der Waals surface area contributed by atoms with Crippen molar-refractivity contribution in [3.05, 3.63) is 0 Å². The van der Waals surface area contributed by atoms with Crippen molar-refractivity contribution >= 4 is 6.41 Å². The molecule has 0 spiro atoms. The van der Waals surface area contributed by atoms with Crippen LogP contribution in [0.3, 0.4) is 0 Å². The van der Waals surface area contributed by atoms with Crippen LogP contribution in [-0.2, 0) is 4.79 Å². The van der Waals surface area contributed by atoms with Crippen LogP contribution < -0.4 is 0 Å². The summed E-state index contributed by atoms with van der Waals surface area (Å²) < 4.78 is 0. The Labute approximate surface area is 109 Å². The number of amides is 1. The van der Waals surface area contributed by atoms with Crippen LogP contribution in [0.25, 0.3) is 0 Å². The predicted molar refractivity (Wildman–Crippen MR) is 69.0 cm³/mol. The number of nitrogens with zero attached hydrogens (tertiary/aromatic N) is 1. The number of hydrogen-bond acceptors (Lipinski definition) is 3. The summed E-state index contributed by atoms with van der Waals surface area (Å²) in [5.74, 6) is 0. The molecule has 2 bridgehead atoms. The first-order chi connectivity index (χ1) is 8.64. The number of rotatable bonds is 5. The molecule has 104 valence electrons. The van der Waals surface area contributed by atoms with Crippen LogP contribution in [0.15, 0.2) is 0 Å². The maximum atomic E-state index is 11.4. The van der Waals surface area contributed by atoms with E-state index in [1.807, 2.05) is 4.90 Å². The Morgan fingerprint density at radius 1 is 1.39 bits per heavy atom. The van der Waals surface area contributed by atoms with Gasteiger partial charge in [0.25, 0.3) is 0 Å². The lowest BCUT2D eigenvalue weighted by Gasteiger charge is -2.56. The summed E-state index contributed by atoms with van der Waals surface area (Å²) in [6.45, 7) is 2.16. The van der Waals surface area contributed by atoms with E-state index in [1.54, 1.807) is 0 Å². The van der Waals surface area contributed by atoms with E-state index in [2.05, 4.69) is 6.92 Å². The Hall–Kier alpha value is -0.610. The minimum Gasteiger partial charge on any atom is -0.390 e. The normalized spacial score (nSPS) is 39.7. The highest BCUT2D eigenvalue weighted by Crippen LogP contribution is 2.44. The first-order valence-corrected chi connectivity index (χ1v) is 7.24. The molecule has 0 saturated carbocycles. The highest BCUT2D eigenvalue weighted by atomic mass is 16.3. The third-order valence-electron chi connectivity index (χ3n) is 4.78. The number of aliphatic hydroxyl groups excluding tert-OH is 2. The van der Waals surface area contributed by atoms with Crippen LogP contribution >= 0.6 is 0 Å². The molecule has 4 nitrogen and oxygen atoms in total. The van der Waals surface area contributed by atoms with Crippen LogP contribution in [0.4, 0.5) is 0 Å². The third-order valence-corrected chi connectivity index (χ3v) is 4.78. The minimum atomic E-state index is -0.769. The van der Waals surface area contributed by atoms with Gasteiger partial charge < -0.3 is 15.1 Å². The molecule has 2 heterocycles. The Kier molecular flexibility index (Phi) is 4.28. The number of aliphatic hydroxyl groups is 2. The van der Waals surface area contributed by atoms with Crippen LogP contribution in [0.1, 0.15) is 58.3 Å². The number of unbranched alkanes of at least 4 members (excludes halogenated alkanes) is 2. The molecule has 2 fully saturated rings. The second kappa shape index (κ2) is 5.57. The quantitative estimate of drug-likeness (QED) is 0.577. The summed E-state index contributed by atoms with van der Waals surface area (Å²) in [5.41, 5.74) is -0.196. The van der Waals surface area contributed by atoms with Gasteiger partial charge in [-0.1, -0.05) is 26.2 Å². The van der Waals surface area contributed by atoms with Gasteiger partial charge in [-0.05, 0) is 32.1 Å². The molecule has 0 radical (unpaired) electrons. The zero-order valence-corrected chi connectivity index (χ0v) is 11.2. The van der Waals surface area contributed by atoms with Gasteiger partial charge in [0.1, 0.15) is 6.10 Å². The zero-order chi connectivity index (χ0) is 13.2. The smallest absolute Gasteiger partial charge is 0.210 e. The van der Waals surface area contributed by atoms with Gasteiger partial charge in [0, 0.05) is 5.54 Å². The molecular formula is C14H25NO3. The largest absolute Gasteiger partial charge is 0.390 e. The van der Waals surface area contributed by atoms with Crippen molar-refractivity contribution in [1.29, 1.82) is 0 Å². The highest BCUT2D eigenvalue weighted by Gasteiger charge is 2.51. The maximum absolute atomic E-state index is 11.4. The van der Waals surface area contributed by atoms with Crippen molar-refractivity contribution in [1.82, 2.24) is 4.90 Å². The number of carbonyl (C=O) groups excluding carboxylic acids is 1. The molecule has 2 N–H and O–H groups in total. The van der Waals surface area contributed by atoms with Crippen molar-refractivity contribution in [2.75, 3.05) is 0 Å². The van der Waals surface area contributed by atoms with E-state index in [1.165, 1.54) is 0 Å². The number of hydrogen-bond donors (Lipinski definition) is 2. The molecule has 0 unspecified atom stereocenters. The van der Waals surface area contributed by atoms with Crippen LogP contribution in [0.2, 0.25) is 0 Å². The van der Waals surface area contributed by atoms with E-state index in [4.69, 9.17) is 0 Å². The van der Waals surface area contributed by atoms with Gasteiger partial charge in [-0.2, -0.15) is 0 Å². The Bertz CT molecular complexity index is 297. The second-order valence-corrected chi connectivity index (χ2v) is 5.92. The topological polar surface area (TPSA) is 60.8 Å². The summed E-state index contributed by atoms with van der Waals surface area (Å²) in [4.78, 5) is 13.2. The summed E-state index contributed by atoms with van der Waals surface area (Å²) in [7, 11) is 0. The molecule has 0 aromatic rings. The van der Waals surface area contributed by atoms with E-state index in [9.17, 15) is 15.0 Å². The van der Waals surface area contributed by atoms with Gasteiger partial charge in [-0.15, -0.1) is 0 Å². The van der Waals surface area contributed by atoms with Crippen molar-refractivity contribution in [2.24, 2.45) is 0 Å². The summed E-state index contributed by atoms with van der Waals surface area (Å²) in [6.07, 6.45) is 7.19. The lowest BCUT2D eigenvalue weighted by molar-refractivity contribution is -0.167.